The molecule has 0 spiro atoms. The highest BCUT2D eigenvalue weighted by molar-refractivity contribution is 6.03. The minimum atomic E-state index is -1.30. The fraction of sp³-hybridized carbons (Fsp3) is 0.200. The summed E-state index contributed by atoms with van der Waals surface area (Å²) in [5, 5.41) is 14.1. The lowest BCUT2D eigenvalue weighted by Crippen LogP contribution is -2.35. The number of carbonyl (C=O) groups excluding carboxylic acids is 1. The molecule has 78 valence electrons. The predicted molar refractivity (Wildman–Crippen MR) is 47.4 cm³/mol. The van der Waals surface area contributed by atoms with Crippen molar-refractivity contribution in [1.82, 2.24) is 0 Å². The van der Waals surface area contributed by atoms with Gasteiger partial charge in [0.1, 0.15) is 5.82 Å². The summed E-state index contributed by atoms with van der Waals surface area (Å²) in [6.45, 7) is 0. The lowest BCUT2D eigenvalue weighted by atomic mass is 10.1. The van der Waals surface area contributed by atoms with Gasteiger partial charge in [-0.1, -0.05) is 17.3 Å². The molecule has 0 fully saturated rings. The summed E-state index contributed by atoms with van der Waals surface area (Å²) >= 11 is 0. The first-order valence-electron chi connectivity index (χ1n) is 4.36. The SMILES string of the molecule is O=C([O-])[C@@H]1CC(c2ccc(F)cc2)=NO1. The molecule has 1 aliphatic rings. The van der Waals surface area contributed by atoms with Gasteiger partial charge in [-0.15, -0.1) is 0 Å². The summed E-state index contributed by atoms with van der Waals surface area (Å²) in [6.07, 6.45) is -0.890. The Balaban J connectivity index is 2.14. The zero-order valence-corrected chi connectivity index (χ0v) is 7.64. The van der Waals surface area contributed by atoms with E-state index in [0.29, 0.717) is 11.3 Å². The van der Waals surface area contributed by atoms with Gasteiger partial charge in [0.15, 0.2) is 6.10 Å². The van der Waals surface area contributed by atoms with Crippen LogP contribution in [0.5, 0.6) is 0 Å². The molecule has 1 atom stereocenters. The van der Waals surface area contributed by atoms with Gasteiger partial charge in [-0.05, 0) is 17.7 Å². The maximum Gasteiger partial charge on any atom is 0.172 e. The van der Waals surface area contributed by atoms with Gasteiger partial charge in [-0.3, -0.25) is 0 Å². The molecule has 1 aromatic rings. The van der Waals surface area contributed by atoms with Crippen LogP contribution >= 0.6 is 0 Å². The van der Waals surface area contributed by atoms with E-state index >= 15 is 0 Å². The van der Waals surface area contributed by atoms with E-state index in [0.717, 1.165) is 0 Å². The summed E-state index contributed by atoms with van der Waals surface area (Å²) in [7, 11) is 0. The van der Waals surface area contributed by atoms with E-state index < -0.39 is 12.1 Å². The highest BCUT2D eigenvalue weighted by atomic mass is 19.1. The topological polar surface area (TPSA) is 61.7 Å². The number of carbonyl (C=O) groups is 1. The van der Waals surface area contributed by atoms with Crippen LogP contribution in [0.15, 0.2) is 29.4 Å². The van der Waals surface area contributed by atoms with Crippen molar-refractivity contribution in [2.75, 3.05) is 0 Å². The Hall–Kier alpha value is -1.91. The highest BCUT2D eigenvalue weighted by Crippen LogP contribution is 2.16. The molecule has 4 nitrogen and oxygen atoms in total. The van der Waals surface area contributed by atoms with Crippen LogP contribution in [0, 0.1) is 5.82 Å². The van der Waals surface area contributed by atoms with E-state index in [1.54, 1.807) is 0 Å². The van der Waals surface area contributed by atoms with Crippen LogP contribution in [0.25, 0.3) is 0 Å². The smallest absolute Gasteiger partial charge is 0.172 e. The van der Waals surface area contributed by atoms with Crippen LogP contribution in [-0.4, -0.2) is 17.8 Å². The van der Waals surface area contributed by atoms with E-state index in [9.17, 15) is 14.3 Å². The zero-order valence-electron chi connectivity index (χ0n) is 7.64. The summed E-state index contributed by atoms with van der Waals surface area (Å²) in [5.41, 5.74) is 1.14. The molecule has 1 aliphatic heterocycles. The molecular formula is C10H7FNO3-. The van der Waals surface area contributed by atoms with Gasteiger partial charge in [0.2, 0.25) is 0 Å². The van der Waals surface area contributed by atoms with Crippen molar-refractivity contribution in [2.45, 2.75) is 12.5 Å². The lowest BCUT2D eigenvalue weighted by molar-refractivity contribution is -0.315. The first-order valence-corrected chi connectivity index (χ1v) is 4.36. The molecule has 0 N–H and O–H groups in total. The Kier molecular flexibility index (Phi) is 2.37. The second kappa shape index (κ2) is 3.68. The number of carboxylic acids is 1. The Labute approximate surface area is 85.0 Å². The minimum absolute atomic E-state index is 0.147. The maximum atomic E-state index is 12.6. The monoisotopic (exact) mass is 208 g/mol. The van der Waals surface area contributed by atoms with E-state index in [2.05, 4.69) is 9.99 Å². The second-order valence-electron chi connectivity index (χ2n) is 3.16. The first-order chi connectivity index (χ1) is 7.16. The van der Waals surface area contributed by atoms with Gasteiger partial charge in [-0.25, -0.2) is 4.39 Å². The molecule has 0 aromatic heterocycles. The molecule has 0 amide bonds. The van der Waals surface area contributed by atoms with Crippen molar-refractivity contribution < 1.29 is 19.1 Å². The Morgan fingerprint density at radius 3 is 2.67 bits per heavy atom. The molecule has 1 heterocycles. The van der Waals surface area contributed by atoms with Gasteiger partial charge in [-0.2, -0.15) is 0 Å². The largest absolute Gasteiger partial charge is 0.546 e. The zero-order chi connectivity index (χ0) is 10.8. The average molecular weight is 208 g/mol. The normalized spacial score (nSPS) is 19.5. The van der Waals surface area contributed by atoms with Gasteiger partial charge in [0.25, 0.3) is 0 Å². The number of hydrogen-bond donors (Lipinski definition) is 0. The van der Waals surface area contributed by atoms with Crippen LogP contribution in [0.3, 0.4) is 0 Å². The molecule has 0 aliphatic carbocycles. The van der Waals surface area contributed by atoms with Crippen molar-refractivity contribution in [1.29, 1.82) is 0 Å². The lowest BCUT2D eigenvalue weighted by Gasteiger charge is -2.07. The summed E-state index contributed by atoms with van der Waals surface area (Å²) in [4.78, 5) is 15.1. The molecule has 0 saturated carbocycles. The molecule has 0 bridgehead atoms. The van der Waals surface area contributed by atoms with E-state index in [-0.39, 0.29) is 12.2 Å². The van der Waals surface area contributed by atoms with Crippen LogP contribution in [-0.2, 0) is 9.63 Å². The Bertz CT molecular complexity index is 413. The van der Waals surface area contributed by atoms with Crippen molar-refractivity contribution in [2.24, 2.45) is 5.16 Å². The van der Waals surface area contributed by atoms with E-state index in [1.165, 1.54) is 24.3 Å². The third-order valence-electron chi connectivity index (χ3n) is 2.11. The predicted octanol–water partition coefficient (Wildman–Crippen LogP) is 0.0686. The third-order valence-corrected chi connectivity index (χ3v) is 2.11. The molecular weight excluding hydrogens is 201 g/mol. The number of aliphatic carboxylic acids is 1. The molecule has 5 heteroatoms. The van der Waals surface area contributed by atoms with Gasteiger partial charge in [0.05, 0.1) is 11.7 Å². The quantitative estimate of drug-likeness (QED) is 0.690. The van der Waals surface area contributed by atoms with E-state index in [4.69, 9.17) is 0 Å². The summed E-state index contributed by atoms with van der Waals surface area (Å²) < 4.78 is 12.6. The highest BCUT2D eigenvalue weighted by Gasteiger charge is 2.22. The number of benzene rings is 1. The van der Waals surface area contributed by atoms with Crippen molar-refractivity contribution >= 4 is 11.7 Å². The second-order valence-corrected chi connectivity index (χ2v) is 3.16. The molecule has 15 heavy (non-hydrogen) atoms. The average Bonchev–Trinajstić information content (AvgIpc) is 2.68. The van der Waals surface area contributed by atoms with Crippen molar-refractivity contribution in [3.63, 3.8) is 0 Å². The minimum Gasteiger partial charge on any atom is -0.546 e. The van der Waals surface area contributed by atoms with Gasteiger partial charge >= 0.3 is 0 Å². The number of nitrogens with zero attached hydrogens (tertiary/aromatic N) is 1. The fourth-order valence-corrected chi connectivity index (χ4v) is 1.32. The van der Waals surface area contributed by atoms with Crippen LogP contribution in [0.1, 0.15) is 12.0 Å². The summed E-state index contributed by atoms with van der Waals surface area (Å²) in [5.74, 6) is -1.65. The van der Waals surface area contributed by atoms with Gasteiger partial charge < -0.3 is 14.7 Å². The first kappa shape index (κ1) is 9.64. The molecule has 2 rings (SSSR count). The van der Waals surface area contributed by atoms with Crippen LogP contribution in [0.2, 0.25) is 0 Å². The number of carboxylic acid groups (broad SMARTS) is 1. The molecule has 1 aromatic carbocycles. The number of oxime groups is 1. The summed E-state index contributed by atoms with van der Waals surface area (Å²) in [6, 6.07) is 5.61. The van der Waals surface area contributed by atoms with Crippen molar-refractivity contribution in [3.8, 4) is 0 Å². The molecule has 0 saturated heterocycles. The standard InChI is InChI=1S/C10H8FNO3/c11-7-3-1-6(2-4-7)8-5-9(10(13)14)15-12-8/h1-4,9H,5H2,(H,13,14)/p-1/t9-/m0/s1. The molecule has 0 unspecified atom stereocenters. The molecule has 0 radical (unpaired) electrons. The van der Waals surface area contributed by atoms with Crippen LogP contribution in [0.4, 0.5) is 4.39 Å². The van der Waals surface area contributed by atoms with Crippen molar-refractivity contribution in [3.05, 3.63) is 35.6 Å². The Morgan fingerprint density at radius 2 is 2.13 bits per heavy atom. The maximum absolute atomic E-state index is 12.6. The number of rotatable bonds is 2. The number of halogens is 1. The third kappa shape index (κ3) is 1.96. The van der Waals surface area contributed by atoms with Gasteiger partial charge in [0, 0.05) is 6.42 Å². The number of hydrogen-bond acceptors (Lipinski definition) is 4. The fourth-order valence-electron chi connectivity index (χ4n) is 1.32. The van der Waals surface area contributed by atoms with E-state index in [1.807, 2.05) is 0 Å². The Morgan fingerprint density at radius 1 is 1.47 bits per heavy atom. The van der Waals surface area contributed by atoms with Crippen LogP contribution < -0.4 is 5.11 Å².